The molecule has 0 bridgehead atoms. The second-order valence-electron chi connectivity index (χ2n) is 9.94. The Kier molecular flexibility index (Phi) is 11.1. The molecular weight excluding hydrogens is 536 g/mol. The van der Waals surface area contributed by atoms with E-state index in [0.717, 1.165) is 36.7 Å². The van der Waals surface area contributed by atoms with Crippen molar-refractivity contribution in [3.63, 3.8) is 0 Å². The van der Waals surface area contributed by atoms with Crippen molar-refractivity contribution in [2.75, 3.05) is 18.9 Å². The summed E-state index contributed by atoms with van der Waals surface area (Å²) in [5.74, 6) is -2.97. The molecule has 0 aliphatic carbocycles. The van der Waals surface area contributed by atoms with Crippen molar-refractivity contribution >= 4 is 23.6 Å². The molecule has 1 amide bonds. The molecule has 39 heavy (non-hydrogen) atoms. The molecule has 2 aliphatic heterocycles. The number of hydrogen-bond acceptors (Lipinski definition) is 13. The number of benzene rings is 1. The lowest BCUT2D eigenvalue weighted by atomic mass is 9.92. The van der Waals surface area contributed by atoms with Crippen LogP contribution in [0, 0.1) is 5.92 Å². The topological polar surface area (TPSA) is 218 Å². The number of phenolic OH excluding ortho intramolecular Hbond substituents is 3. The quantitative estimate of drug-likeness (QED) is 0.0894. The van der Waals surface area contributed by atoms with Crippen LogP contribution in [0.2, 0.25) is 0 Å². The SMILES string of the molecule is CCC[C@H]1CN[C@H](C(=O)N[C@@H]([C@H]2O[C@H](SCCOC(=O)c3cc(O)c(O)c(O)c3)[C@H](O)[C@@H](O)[C@H]2O)[C@@H](C)O)C1. The van der Waals surface area contributed by atoms with Gasteiger partial charge in [0.15, 0.2) is 17.2 Å². The molecule has 9 N–H and O–H groups in total. The van der Waals surface area contributed by atoms with Crippen molar-refractivity contribution < 1.29 is 54.8 Å². The summed E-state index contributed by atoms with van der Waals surface area (Å²) in [4.78, 5) is 25.1. The summed E-state index contributed by atoms with van der Waals surface area (Å²) in [6.07, 6.45) is -4.53. The largest absolute Gasteiger partial charge is 0.504 e. The Balaban J connectivity index is 1.58. The molecular formula is C25H38N2O11S. The van der Waals surface area contributed by atoms with Crippen molar-refractivity contribution in [3.8, 4) is 17.2 Å². The molecule has 2 heterocycles. The second-order valence-corrected chi connectivity index (χ2v) is 11.1. The van der Waals surface area contributed by atoms with Crippen LogP contribution in [0.25, 0.3) is 0 Å². The van der Waals surface area contributed by atoms with Gasteiger partial charge in [0, 0.05) is 5.75 Å². The number of ether oxygens (including phenoxy) is 2. The molecule has 0 radical (unpaired) electrons. The number of hydrogen-bond donors (Lipinski definition) is 9. The Morgan fingerprint density at radius 1 is 1.15 bits per heavy atom. The number of carbonyl (C=O) groups is 2. The van der Waals surface area contributed by atoms with Crippen LogP contribution in [0.15, 0.2) is 12.1 Å². The number of carbonyl (C=O) groups excluding carboxylic acids is 2. The summed E-state index contributed by atoms with van der Waals surface area (Å²) in [5.41, 5.74) is -1.29. The lowest BCUT2D eigenvalue weighted by molar-refractivity contribution is -0.211. The molecule has 0 aromatic heterocycles. The maximum Gasteiger partial charge on any atom is 0.338 e. The molecule has 13 nitrogen and oxygen atoms in total. The number of thioether (sulfide) groups is 1. The van der Waals surface area contributed by atoms with E-state index in [0.29, 0.717) is 18.9 Å². The van der Waals surface area contributed by atoms with Gasteiger partial charge in [0.1, 0.15) is 36.5 Å². The van der Waals surface area contributed by atoms with Crippen molar-refractivity contribution in [2.45, 2.75) is 81.1 Å². The Morgan fingerprint density at radius 2 is 1.82 bits per heavy atom. The predicted molar refractivity (Wildman–Crippen MR) is 139 cm³/mol. The molecule has 0 spiro atoms. The zero-order valence-corrected chi connectivity index (χ0v) is 22.6. The van der Waals surface area contributed by atoms with E-state index in [1.54, 1.807) is 0 Å². The third-order valence-corrected chi connectivity index (χ3v) is 8.05. The van der Waals surface area contributed by atoms with Crippen molar-refractivity contribution in [3.05, 3.63) is 17.7 Å². The van der Waals surface area contributed by atoms with E-state index >= 15 is 0 Å². The number of phenols is 3. The molecule has 0 saturated carbocycles. The molecule has 0 unspecified atom stereocenters. The normalized spacial score (nSPS) is 30.5. The van der Waals surface area contributed by atoms with E-state index < -0.39 is 71.3 Å². The van der Waals surface area contributed by atoms with Crippen LogP contribution >= 0.6 is 11.8 Å². The summed E-state index contributed by atoms with van der Waals surface area (Å²) >= 11 is 0.974. The van der Waals surface area contributed by atoms with Crippen LogP contribution in [-0.4, -0.2) is 115 Å². The van der Waals surface area contributed by atoms with E-state index in [9.17, 15) is 45.3 Å². The number of aliphatic hydroxyl groups excluding tert-OH is 4. The van der Waals surface area contributed by atoms with Gasteiger partial charge in [-0.25, -0.2) is 4.79 Å². The molecule has 14 heteroatoms. The average molecular weight is 575 g/mol. The predicted octanol–water partition coefficient (Wildman–Crippen LogP) is -0.855. The zero-order chi connectivity index (χ0) is 28.9. The first-order chi connectivity index (χ1) is 18.4. The van der Waals surface area contributed by atoms with Crippen LogP contribution in [0.1, 0.15) is 43.5 Å². The van der Waals surface area contributed by atoms with Gasteiger partial charge in [-0.05, 0) is 44.4 Å². The van der Waals surface area contributed by atoms with Crippen LogP contribution in [0.4, 0.5) is 0 Å². The first kappa shape index (κ1) is 31.2. The minimum absolute atomic E-state index is 0.0789. The van der Waals surface area contributed by atoms with Gasteiger partial charge in [-0.15, -0.1) is 11.8 Å². The summed E-state index contributed by atoms with van der Waals surface area (Å²) in [6, 6.07) is 0.307. The number of esters is 1. The molecule has 2 aliphatic rings. The molecule has 2 fully saturated rings. The van der Waals surface area contributed by atoms with Crippen molar-refractivity contribution in [2.24, 2.45) is 5.92 Å². The van der Waals surface area contributed by atoms with E-state index in [1.165, 1.54) is 6.92 Å². The fraction of sp³-hybridized carbons (Fsp3) is 0.680. The number of aromatic hydroxyl groups is 3. The summed E-state index contributed by atoms with van der Waals surface area (Å²) in [7, 11) is 0. The van der Waals surface area contributed by atoms with Gasteiger partial charge in [-0.2, -0.15) is 0 Å². The van der Waals surface area contributed by atoms with Gasteiger partial charge in [-0.1, -0.05) is 13.3 Å². The highest BCUT2D eigenvalue weighted by atomic mass is 32.2. The summed E-state index contributed by atoms with van der Waals surface area (Å²) < 4.78 is 10.9. The highest BCUT2D eigenvalue weighted by Gasteiger charge is 2.48. The second kappa shape index (κ2) is 13.8. The average Bonchev–Trinajstić information content (AvgIpc) is 3.36. The van der Waals surface area contributed by atoms with Gasteiger partial charge in [0.25, 0.3) is 0 Å². The maximum atomic E-state index is 12.9. The highest BCUT2D eigenvalue weighted by Crippen LogP contribution is 2.36. The maximum absolute atomic E-state index is 12.9. The van der Waals surface area contributed by atoms with Gasteiger partial charge in [0.2, 0.25) is 5.91 Å². The van der Waals surface area contributed by atoms with Crippen LogP contribution in [0.3, 0.4) is 0 Å². The van der Waals surface area contributed by atoms with Gasteiger partial charge < -0.3 is 55.9 Å². The van der Waals surface area contributed by atoms with E-state index in [4.69, 9.17) is 9.47 Å². The zero-order valence-electron chi connectivity index (χ0n) is 21.8. The van der Waals surface area contributed by atoms with Gasteiger partial charge >= 0.3 is 5.97 Å². The molecule has 1 aromatic rings. The van der Waals surface area contributed by atoms with Gasteiger partial charge in [0.05, 0.1) is 23.8 Å². The first-order valence-electron chi connectivity index (χ1n) is 12.9. The number of rotatable bonds is 11. The standard InChI is InChI=1S/C25H38N2O11S/c1-3-4-12-7-14(26-10-12)23(35)27-17(11(2)28)22-20(33)19(32)21(34)25(38-22)39-6-5-37-24(36)13-8-15(29)18(31)16(30)9-13/h8-9,11-12,14,17,19-22,25-26,28-34H,3-7,10H2,1-2H3,(H,27,35)/t11-,12-,14+,17-,19+,20-,21-,22-,25-/m1/s1. The molecule has 3 rings (SSSR count). The van der Waals surface area contributed by atoms with Crippen molar-refractivity contribution in [1.82, 2.24) is 10.6 Å². The number of aliphatic hydroxyl groups is 4. The highest BCUT2D eigenvalue weighted by molar-refractivity contribution is 7.99. The Morgan fingerprint density at radius 3 is 2.44 bits per heavy atom. The summed E-state index contributed by atoms with van der Waals surface area (Å²) in [6.45, 7) is 4.01. The van der Waals surface area contributed by atoms with Crippen LogP contribution in [-0.2, 0) is 14.3 Å². The summed E-state index contributed by atoms with van der Waals surface area (Å²) in [5, 5.41) is 76.3. The lowest BCUT2D eigenvalue weighted by Crippen LogP contribution is -2.65. The molecule has 9 atom stereocenters. The van der Waals surface area contributed by atoms with Gasteiger partial charge in [-0.3, -0.25) is 4.79 Å². The lowest BCUT2D eigenvalue weighted by Gasteiger charge is -2.44. The fourth-order valence-electron chi connectivity index (χ4n) is 4.79. The fourth-order valence-corrected chi connectivity index (χ4v) is 5.77. The Hall–Kier alpha value is -2.33. The monoisotopic (exact) mass is 574 g/mol. The van der Waals surface area contributed by atoms with E-state index in [2.05, 4.69) is 17.6 Å². The third-order valence-electron chi connectivity index (χ3n) is 6.93. The third kappa shape index (κ3) is 7.66. The number of nitrogens with one attached hydrogen (secondary N) is 2. The van der Waals surface area contributed by atoms with Crippen LogP contribution < -0.4 is 10.6 Å². The Bertz CT molecular complexity index is 974. The molecule has 2 saturated heterocycles. The van der Waals surface area contributed by atoms with Crippen LogP contribution in [0.5, 0.6) is 17.2 Å². The Labute approximate surface area is 230 Å². The minimum Gasteiger partial charge on any atom is -0.504 e. The minimum atomic E-state index is -1.64. The number of amides is 1. The molecule has 1 aromatic carbocycles. The smallest absolute Gasteiger partial charge is 0.338 e. The molecule has 220 valence electrons. The van der Waals surface area contributed by atoms with E-state index in [-0.39, 0.29) is 23.8 Å². The van der Waals surface area contributed by atoms with Crippen molar-refractivity contribution in [1.29, 1.82) is 0 Å². The van der Waals surface area contributed by atoms with E-state index in [1.807, 2.05) is 0 Å². The first-order valence-corrected chi connectivity index (χ1v) is 13.9.